The van der Waals surface area contributed by atoms with Crippen LogP contribution in [0.4, 0.5) is 17.8 Å². The van der Waals surface area contributed by atoms with Crippen molar-refractivity contribution < 1.29 is 8.42 Å². The van der Waals surface area contributed by atoms with Crippen LogP contribution in [0.3, 0.4) is 0 Å². The van der Waals surface area contributed by atoms with E-state index in [0.717, 1.165) is 0 Å². The van der Waals surface area contributed by atoms with Crippen molar-refractivity contribution in [1.82, 2.24) is 19.7 Å². The SMILES string of the molecule is CNS(=O)(=O)CCNc1nc(NN)nc(N(C)C)n1. The first-order chi connectivity index (χ1) is 8.88. The van der Waals surface area contributed by atoms with Crippen molar-refractivity contribution in [2.24, 2.45) is 5.84 Å². The lowest BCUT2D eigenvalue weighted by Crippen LogP contribution is -2.27. The van der Waals surface area contributed by atoms with Gasteiger partial charge >= 0.3 is 0 Å². The topological polar surface area (TPSA) is 138 Å². The lowest BCUT2D eigenvalue weighted by atomic mass is 10.7. The molecule has 5 N–H and O–H groups in total. The molecule has 0 radical (unpaired) electrons. The first-order valence-electron chi connectivity index (χ1n) is 5.43. The molecule has 0 aliphatic rings. The van der Waals surface area contributed by atoms with Gasteiger partial charge < -0.3 is 10.2 Å². The number of aromatic nitrogens is 3. The second-order valence-corrected chi connectivity index (χ2v) is 5.82. The van der Waals surface area contributed by atoms with Gasteiger partial charge in [-0.15, -0.1) is 0 Å². The van der Waals surface area contributed by atoms with Gasteiger partial charge in [-0.3, -0.25) is 5.43 Å². The van der Waals surface area contributed by atoms with Gasteiger partial charge in [-0.25, -0.2) is 19.0 Å². The lowest BCUT2D eigenvalue weighted by Gasteiger charge is -2.13. The van der Waals surface area contributed by atoms with E-state index in [-0.39, 0.29) is 24.2 Å². The number of nitrogens with zero attached hydrogens (tertiary/aromatic N) is 4. The van der Waals surface area contributed by atoms with Gasteiger partial charge in [-0.05, 0) is 7.05 Å². The molecule has 11 heteroatoms. The molecular formula is C8H18N8O2S. The van der Waals surface area contributed by atoms with E-state index in [2.05, 4.69) is 30.4 Å². The van der Waals surface area contributed by atoms with Crippen molar-refractivity contribution in [1.29, 1.82) is 0 Å². The second-order valence-electron chi connectivity index (χ2n) is 3.77. The monoisotopic (exact) mass is 290 g/mol. The minimum Gasteiger partial charge on any atom is -0.353 e. The van der Waals surface area contributed by atoms with E-state index < -0.39 is 10.0 Å². The molecule has 10 nitrogen and oxygen atoms in total. The standard InChI is InChI=1S/C8H18N8O2S/c1-10-19(17,18)5-4-11-6-12-7(15-9)14-8(13-6)16(2)3/h10H,4-5,9H2,1-3H3,(H2,11,12,13,14,15). The van der Waals surface area contributed by atoms with Crippen LogP contribution in [-0.4, -0.2) is 56.8 Å². The molecule has 0 aromatic carbocycles. The Hall–Kier alpha value is -1.72. The summed E-state index contributed by atoms with van der Waals surface area (Å²) in [6.45, 7) is 0.171. The van der Waals surface area contributed by atoms with E-state index in [1.165, 1.54) is 7.05 Å². The fourth-order valence-electron chi connectivity index (χ4n) is 1.11. The van der Waals surface area contributed by atoms with Crippen molar-refractivity contribution in [3.8, 4) is 0 Å². The van der Waals surface area contributed by atoms with Crippen LogP contribution in [0, 0.1) is 0 Å². The molecule has 0 aliphatic heterocycles. The molecule has 0 bridgehead atoms. The number of nitrogen functional groups attached to an aromatic ring is 1. The highest BCUT2D eigenvalue weighted by Crippen LogP contribution is 2.10. The Bertz CT molecular complexity index is 517. The Morgan fingerprint density at radius 3 is 2.37 bits per heavy atom. The van der Waals surface area contributed by atoms with Crippen LogP contribution >= 0.6 is 0 Å². The number of rotatable bonds is 7. The maximum atomic E-state index is 11.2. The van der Waals surface area contributed by atoms with Crippen LogP contribution in [-0.2, 0) is 10.0 Å². The van der Waals surface area contributed by atoms with Gasteiger partial charge in [0.25, 0.3) is 0 Å². The van der Waals surface area contributed by atoms with Crippen molar-refractivity contribution in [2.75, 3.05) is 49.1 Å². The number of hydrogen-bond donors (Lipinski definition) is 4. The predicted octanol–water partition coefficient (Wildman–Crippen LogP) is -1.82. The molecule has 1 heterocycles. The maximum absolute atomic E-state index is 11.2. The highest BCUT2D eigenvalue weighted by Gasteiger charge is 2.09. The summed E-state index contributed by atoms with van der Waals surface area (Å²) in [7, 11) is 1.63. The first kappa shape index (κ1) is 15.3. The van der Waals surface area contributed by atoms with Crippen molar-refractivity contribution in [3.05, 3.63) is 0 Å². The van der Waals surface area contributed by atoms with Gasteiger partial charge in [0.1, 0.15) is 0 Å². The molecule has 0 unspecified atom stereocenters. The zero-order valence-electron chi connectivity index (χ0n) is 11.0. The summed E-state index contributed by atoms with van der Waals surface area (Å²) in [4.78, 5) is 13.8. The summed E-state index contributed by atoms with van der Waals surface area (Å²) in [6, 6.07) is 0. The number of nitrogens with one attached hydrogen (secondary N) is 3. The Labute approximate surface area is 111 Å². The Morgan fingerprint density at radius 2 is 1.84 bits per heavy atom. The van der Waals surface area contributed by atoms with E-state index in [1.807, 2.05) is 0 Å². The summed E-state index contributed by atoms with van der Waals surface area (Å²) in [6.07, 6.45) is 0. The third kappa shape index (κ3) is 4.81. The molecule has 108 valence electrons. The largest absolute Gasteiger partial charge is 0.353 e. The summed E-state index contributed by atoms with van der Waals surface area (Å²) >= 11 is 0. The molecule has 1 aromatic heterocycles. The van der Waals surface area contributed by atoms with Gasteiger partial charge in [0.15, 0.2) is 0 Å². The van der Waals surface area contributed by atoms with Crippen molar-refractivity contribution >= 4 is 27.9 Å². The fourth-order valence-corrected chi connectivity index (χ4v) is 1.68. The highest BCUT2D eigenvalue weighted by molar-refractivity contribution is 7.89. The second kappa shape index (κ2) is 6.45. The van der Waals surface area contributed by atoms with Gasteiger partial charge in [-0.1, -0.05) is 0 Å². The first-order valence-corrected chi connectivity index (χ1v) is 7.08. The van der Waals surface area contributed by atoms with Crippen molar-refractivity contribution in [3.63, 3.8) is 0 Å². The van der Waals surface area contributed by atoms with Crippen LogP contribution in [0.5, 0.6) is 0 Å². The number of sulfonamides is 1. The smallest absolute Gasteiger partial charge is 0.243 e. The average Bonchev–Trinajstić information content (AvgIpc) is 2.38. The third-order valence-corrected chi connectivity index (χ3v) is 3.48. The van der Waals surface area contributed by atoms with Crippen LogP contribution < -0.4 is 26.2 Å². The summed E-state index contributed by atoms with van der Waals surface area (Å²) in [5, 5.41) is 2.80. The van der Waals surface area contributed by atoms with Crippen LogP contribution in [0.25, 0.3) is 0 Å². The third-order valence-electron chi connectivity index (χ3n) is 2.12. The zero-order valence-corrected chi connectivity index (χ0v) is 11.8. The van der Waals surface area contributed by atoms with Crippen LogP contribution in [0.1, 0.15) is 0 Å². The molecule has 0 saturated carbocycles. The van der Waals surface area contributed by atoms with Gasteiger partial charge in [0, 0.05) is 20.6 Å². The minimum absolute atomic E-state index is 0.0854. The lowest BCUT2D eigenvalue weighted by molar-refractivity contribution is 0.588. The molecule has 19 heavy (non-hydrogen) atoms. The molecule has 0 spiro atoms. The summed E-state index contributed by atoms with van der Waals surface area (Å²) in [5.74, 6) is 6.01. The number of anilines is 3. The maximum Gasteiger partial charge on any atom is 0.243 e. The number of nitrogens with two attached hydrogens (primary N) is 1. The van der Waals surface area contributed by atoms with E-state index in [4.69, 9.17) is 5.84 Å². The van der Waals surface area contributed by atoms with Gasteiger partial charge in [0.05, 0.1) is 5.75 Å². The fraction of sp³-hybridized carbons (Fsp3) is 0.625. The average molecular weight is 290 g/mol. The van der Waals surface area contributed by atoms with Crippen LogP contribution in [0.15, 0.2) is 0 Å². The molecule has 0 atom stereocenters. The van der Waals surface area contributed by atoms with Crippen LogP contribution in [0.2, 0.25) is 0 Å². The zero-order chi connectivity index (χ0) is 14.5. The van der Waals surface area contributed by atoms with Crippen molar-refractivity contribution in [2.45, 2.75) is 0 Å². The number of hydrazine groups is 1. The summed E-state index contributed by atoms with van der Waals surface area (Å²) < 4.78 is 24.7. The Kier molecular flexibility index (Phi) is 5.20. The molecule has 0 aliphatic carbocycles. The molecular weight excluding hydrogens is 272 g/mol. The van der Waals surface area contributed by atoms with Gasteiger partial charge in [-0.2, -0.15) is 15.0 Å². The van der Waals surface area contributed by atoms with E-state index in [9.17, 15) is 8.42 Å². The van der Waals surface area contributed by atoms with E-state index in [1.54, 1.807) is 19.0 Å². The normalized spacial score (nSPS) is 11.2. The minimum atomic E-state index is -3.27. The molecule has 0 amide bonds. The Morgan fingerprint density at radius 1 is 1.21 bits per heavy atom. The quantitative estimate of drug-likeness (QED) is 0.338. The molecule has 0 saturated heterocycles. The molecule has 1 aromatic rings. The van der Waals surface area contributed by atoms with Gasteiger partial charge in [0.2, 0.25) is 27.9 Å². The van der Waals surface area contributed by atoms with E-state index in [0.29, 0.717) is 5.95 Å². The van der Waals surface area contributed by atoms with E-state index >= 15 is 0 Å². The molecule has 1 rings (SSSR count). The predicted molar refractivity (Wildman–Crippen MR) is 73.3 cm³/mol. The number of hydrogen-bond acceptors (Lipinski definition) is 9. The Balaban J connectivity index is 2.75. The molecule has 0 fully saturated rings. The highest BCUT2D eigenvalue weighted by atomic mass is 32.2. The summed E-state index contributed by atoms with van der Waals surface area (Å²) in [5.41, 5.74) is 2.32.